The van der Waals surface area contributed by atoms with Gasteiger partial charge in [-0.15, -0.1) is 0 Å². The van der Waals surface area contributed by atoms with Gasteiger partial charge in [-0.3, -0.25) is 4.79 Å². The molecule has 0 aliphatic carbocycles. The number of hydrogen-bond acceptors (Lipinski definition) is 5. The molecular formula is C30H31BrClN3O3. The predicted molar refractivity (Wildman–Crippen MR) is 159 cm³/mol. The molecule has 0 spiro atoms. The van der Waals surface area contributed by atoms with Gasteiger partial charge in [-0.2, -0.15) is 9.78 Å². The van der Waals surface area contributed by atoms with Crippen molar-refractivity contribution in [3.05, 3.63) is 85.1 Å². The summed E-state index contributed by atoms with van der Waals surface area (Å²) in [6.07, 6.45) is 2.49. The number of aryl methyl sites for hydroxylation is 1. The number of methoxy groups -OCH3 is 1. The van der Waals surface area contributed by atoms with Gasteiger partial charge in [0, 0.05) is 5.56 Å². The van der Waals surface area contributed by atoms with Crippen LogP contribution in [0.2, 0.25) is 5.02 Å². The normalized spacial score (nSPS) is 12.4. The molecule has 1 heterocycles. The summed E-state index contributed by atoms with van der Waals surface area (Å²) in [5.74, 6) is 2.05. The third kappa shape index (κ3) is 5.64. The van der Waals surface area contributed by atoms with E-state index in [1.807, 2.05) is 50.2 Å². The molecule has 0 saturated carbocycles. The number of para-hydroxylation sites is 1. The fraction of sp³-hybridized carbons (Fsp3) is 0.300. The Morgan fingerprint density at radius 1 is 1.16 bits per heavy atom. The fourth-order valence-corrected chi connectivity index (χ4v) is 5.11. The van der Waals surface area contributed by atoms with Crippen molar-refractivity contribution in [2.24, 2.45) is 5.10 Å². The van der Waals surface area contributed by atoms with Crippen LogP contribution < -0.4 is 15.0 Å². The molecule has 1 aromatic heterocycles. The standard InChI is InChI=1S/C30H31BrClN3O3/c1-7-19(5)38-28-24(31)13-20(14-25(28)32)16-33-35-29(34-26-11-9-8-10-21(26)30(35)36)23-15-22(17(2)3)27(37-6)12-18(23)4/h8-17,19H,7H2,1-6H3/t19-/m1/s1. The highest BCUT2D eigenvalue weighted by atomic mass is 79.9. The van der Waals surface area contributed by atoms with E-state index >= 15 is 0 Å². The number of aromatic nitrogens is 2. The molecule has 0 N–H and O–H groups in total. The van der Waals surface area contributed by atoms with Crippen molar-refractivity contribution in [3.8, 4) is 22.9 Å². The minimum Gasteiger partial charge on any atom is -0.496 e. The van der Waals surface area contributed by atoms with Crippen molar-refractivity contribution in [2.45, 2.75) is 53.1 Å². The fourth-order valence-electron chi connectivity index (χ4n) is 4.15. The van der Waals surface area contributed by atoms with Gasteiger partial charge in [0.1, 0.15) is 5.75 Å². The summed E-state index contributed by atoms with van der Waals surface area (Å²) in [6, 6.07) is 14.9. The van der Waals surface area contributed by atoms with Crippen LogP contribution in [0.4, 0.5) is 0 Å². The summed E-state index contributed by atoms with van der Waals surface area (Å²) >= 11 is 10.1. The zero-order valence-corrected chi connectivity index (χ0v) is 24.7. The Bertz CT molecular complexity index is 1560. The van der Waals surface area contributed by atoms with Crippen LogP contribution in [0.3, 0.4) is 0 Å². The average molecular weight is 597 g/mol. The highest BCUT2D eigenvalue weighted by Crippen LogP contribution is 2.36. The Balaban J connectivity index is 1.90. The maximum Gasteiger partial charge on any atom is 0.282 e. The van der Waals surface area contributed by atoms with E-state index in [2.05, 4.69) is 41.8 Å². The largest absolute Gasteiger partial charge is 0.496 e. The molecule has 0 aliphatic rings. The Hall–Kier alpha value is -3.16. The monoisotopic (exact) mass is 595 g/mol. The smallest absolute Gasteiger partial charge is 0.282 e. The SMILES string of the molecule is CC[C@@H](C)Oc1c(Cl)cc(C=Nn2c(-c3cc(C(C)C)c(OC)cc3C)nc3ccccc3c2=O)cc1Br. The first-order chi connectivity index (χ1) is 18.1. The molecule has 4 aromatic rings. The molecule has 0 amide bonds. The van der Waals surface area contributed by atoms with Gasteiger partial charge in [-0.05, 0) is 95.2 Å². The van der Waals surface area contributed by atoms with Crippen molar-refractivity contribution in [1.29, 1.82) is 0 Å². The minimum atomic E-state index is -0.259. The van der Waals surface area contributed by atoms with Crippen molar-refractivity contribution < 1.29 is 9.47 Å². The second kappa shape index (κ2) is 11.7. The number of halogens is 2. The zero-order valence-electron chi connectivity index (χ0n) is 22.4. The van der Waals surface area contributed by atoms with Crippen molar-refractivity contribution in [3.63, 3.8) is 0 Å². The van der Waals surface area contributed by atoms with Crippen LogP contribution in [0.1, 0.15) is 56.7 Å². The van der Waals surface area contributed by atoms with Gasteiger partial charge in [0.25, 0.3) is 5.56 Å². The molecule has 6 nitrogen and oxygen atoms in total. The van der Waals surface area contributed by atoms with E-state index in [-0.39, 0.29) is 17.6 Å². The van der Waals surface area contributed by atoms with E-state index < -0.39 is 0 Å². The second-order valence-corrected chi connectivity index (χ2v) is 10.8. The van der Waals surface area contributed by atoms with Gasteiger partial charge in [0.15, 0.2) is 11.6 Å². The molecular weight excluding hydrogens is 566 g/mol. The van der Waals surface area contributed by atoms with Crippen LogP contribution in [0, 0.1) is 6.92 Å². The van der Waals surface area contributed by atoms with Gasteiger partial charge in [0.05, 0.1) is 39.8 Å². The van der Waals surface area contributed by atoms with Gasteiger partial charge in [0.2, 0.25) is 0 Å². The molecule has 0 bridgehead atoms. The van der Waals surface area contributed by atoms with E-state index in [1.165, 1.54) is 4.68 Å². The molecule has 0 fully saturated rings. The Kier molecular flexibility index (Phi) is 8.58. The van der Waals surface area contributed by atoms with E-state index in [9.17, 15) is 4.79 Å². The lowest BCUT2D eigenvalue weighted by Crippen LogP contribution is -2.20. The lowest BCUT2D eigenvalue weighted by atomic mass is 9.96. The van der Waals surface area contributed by atoms with Crippen LogP contribution in [0.25, 0.3) is 22.3 Å². The molecule has 1 atom stereocenters. The van der Waals surface area contributed by atoms with E-state index in [0.717, 1.165) is 28.9 Å². The number of benzene rings is 3. The molecule has 0 unspecified atom stereocenters. The van der Waals surface area contributed by atoms with Crippen LogP contribution >= 0.6 is 27.5 Å². The number of rotatable bonds is 8. The Morgan fingerprint density at radius 2 is 1.89 bits per heavy atom. The molecule has 38 heavy (non-hydrogen) atoms. The molecule has 0 radical (unpaired) electrons. The van der Waals surface area contributed by atoms with Crippen LogP contribution in [-0.4, -0.2) is 29.1 Å². The average Bonchev–Trinajstić information content (AvgIpc) is 2.89. The van der Waals surface area contributed by atoms with Crippen LogP contribution in [0.15, 0.2) is 62.9 Å². The van der Waals surface area contributed by atoms with Gasteiger partial charge < -0.3 is 9.47 Å². The number of nitrogens with zero attached hydrogens (tertiary/aromatic N) is 3. The molecule has 3 aromatic carbocycles. The number of hydrogen-bond donors (Lipinski definition) is 0. The van der Waals surface area contributed by atoms with Gasteiger partial charge in [-0.1, -0.05) is 44.5 Å². The molecule has 8 heteroatoms. The molecule has 0 aliphatic heterocycles. The quantitative estimate of drug-likeness (QED) is 0.193. The van der Waals surface area contributed by atoms with Crippen molar-refractivity contribution >= 4 is 44.6 Å². The van der Waals surface area contributed by atoms with Crippen molar-refractivity contribution in [2.75, 3.05) is 7.11 Å². The summed E-state index contributed by atoms with van der Waals surface area (Å²) in [4.78, 5) is 18.5. The van der Waals surface area contributed by atoms with Gasteiger partial charge in [-0.25, -0.2) is 4.98 Å². The Morgan fingerprint density at radius 3 is 2.55 bits per heavy atom. The second-order valence-electron chi connectivity index (χ2n) is 9.53. The van der Waals surface area contributed by atoms with Crippen LogP contribution in [0.5, 0.6) is 11.5 Å². The van der Waals surface area contributed by atoms with Crippen molar-refractivity contribution in [1.82, 2.24) is 9.66 Å². The highest BCUT2D eigenvalue weighted by Gasteiger charge is 2.18. The van der Waals surface area contributed by atoms with Crippen LogP contribution in [-0.2, 0) is 0 Å². The number of ether oxygens (including phenoxy) is 2. The summed E-state index contributed by atoms with van der Waals surface area (Å²) in [5, 5.41) is 5.56. The lowest BCUT2D eigenvalue weighted by Gasteiger charge is -2.17. The minimum absolute atomic E-state index is 0.0246. The third-order valence-electron chi connectivity index (χ3n) is 6.43. The summed E-state index contributed by atoms with van der Waals surface area (Å²) in [6.45, 7) is 10.2. The first kappa shape index (κ1) is 27.9. The third-order valence-corrected chi connectivity index (χ3v) is 7.30. The number of fused-ring (bicyclic) bond motifs is 1. The molecule has 0 saturated heterocycles. The first-order valence-electron chi connectivity index (χ1n) is 12.5. The topological polar surface area (TPSA) is 65.7 Å². The zero-order chi connectivity index (χ0) is 27.6. The maximum absolute atomic E-state index is 13.7. The lowest BCUT2D eigenvalue weighted by molar-refractivity contribution is 0.216. The summed E-state index contributed by atoms with van der Waals surface area (Å²) < 4.78 is 13.6. The summed E-state index contributed by atoms with van der Waals surface area (Å²) in [7, 11) is 1.66. The maximum atomic E-state index is 13.7. The van der Waals surface area contributed by atoms with E-state index in [4.69, 9.17) is 26.1 Å². The van der Waals surface area contributed by atoms with E-state index in [0.29, 0.717) is 37.5 Å². The predicted octanol–water partition coefficient (Wildman–Crippen LogP) is 7.98. The molecule has 4 rings (SSSR count). The molecule has 198 valence electrons. The van der Waals surface area contributed by atoms with E-state index in [1.54, 1.807) is 25.5 Å². The Labute approximate surface area is 236 Å². The first-order valence-corrected chi connectivity index (χ1v) is 13.7. The highest BCUT2D eigenvalue weighted by molar-refractivity contribution is 9.10. The van der Waals surface area contributed by atoms with Gasteiger partial charge >= 0.3 is 0 Å². The summed E-state index contributed by atoms with van der Waals surface area (Å²) in [5.41, 5.74) is 3.82.